The highest BCUT2D eigenvalue weighted by Crippen LogP contribution is 2.27. The first-order valence-corrected chi connectivity index (χ1v) is 3.61. The van der Waals surface area contributed by atoms with Gasteiger partial charge < -0.3 is 5.73 Å². The van der Waals surface area contributed by atoms with Crippen LogP contribution in [-0.2, 0) is 0 Å². The minimum atomic E-state index is -4.41. The maximum atomic E-state index is 11.9. The van der Waals surface area contributed by atoms with Crippen LogP contribution in [0.15, 0.2) is 23.9 Å². The summed E-state index contributed by atoms with van der Waals surface area (Å²) in [6, 6.07) is 0. The summed E-state index contributed by atoms with van der Waals surface area (Å²) in [5.41, 5.74) is 3.90. The van der Waals surface area contributed by atoms with Gasteiger partial charge in [-0.25, -0.2) is 0 Å². The average molecular weight is 179 g/mol. The first kappa shape index (κ1) is 11.1. The molecule has 0 atom stereocenters. The first-order chi connectivity index (χ1) is 5.39. The van der Waals surface area contributed by atoms with Crippen LogP contribution in [0.3, 0.4) is 0 Å². The highest BCUT2D eigenvalue weighted by Gasteiger charge is 2.33. The Kier molecular flexibility index (Phi) is 3.86. The molecule has 1 nitrogen and oxygen atoms in total. The van der Waals surface area contributed by atoms with Crippen molar-refractivity contribution in [2.75, 3.05) is 0 Å². The zero-order chi connectivity index (χ0) is 9.78. The summed E-state index contributed by atoms with van der Waals surface area (Å²) < 4.78 is 35.7. The van der Waals surface area contributed by atoms with E-state index in [0.717, 1.165) is 6.42 Å². The molecule has 0 aliphatic heterocycles. The first-order valence-electron chi connectivity index (χ1n) is 3.61. The summed E-state index contributed by atoms with van der Waals surface area (Å²) in [5, 5.41) is 0. The lowest BCUT2D eigenvalue weighted by molar-refractivity contribution is -0.0890. The molecule has 0 aromatic rings. The molecule has 0 fully saturated rings. The van der Waals surface area contributed by atoms with Crippen LogP contribution < -0.4 is 5.73 Å². The predicted molar refractivity (Wildman–Crippen MR) is 42.4 cm³/mol. The summed E-state index contributed by atoms with van der Waals surface area (Å²) in [5.74, 6) is 0. The van der Waals surface area contributed by atoms with Crippen molar-refractivity contribution in [2.24, 2.45) is 5.73 Å². The molecule has 0 unspecified atom stereocenters. The molecule has 0 radical (unpaired) electrons. The summed E-state index contributed by atoms with van der Waals surface area (Å²) in [4.78, 5) is 0. The Labute approximate surface area is 69.8 Å². The van der Waals surface area contributed by atoms with Gasteiger partial charge in [-0.1, -0.05) is 26.0 Å². The fourth-order valence-electron chi connectivity index (χ4n) is 0.587. The van der Waals surface area contributed by atoms with Crippen molar-refractivity contribution in [1.29, 1.82) is 0 Å². The largest absolute Gasteiger partial charge is 0.417 e. The standard InChI is InChI=1S/C8H12F3N/c1-3-4-5-7(12)6(2)8(9,10)11/h5H,2-4,12H2,1H3/b7-5+. The molecule has 70 valence electrons. The summed E-state index contributed by atoms with van der Waals surface area (Å²) in [7, 11) is 0. The van der Waals surface area contributed by atoms with Gasteiger partial charge in [0.1, 0.15) is 0 Å². The summed E-state index contributed by atoms with van der Waals surface area (Å²) >= 11 is 0. The summed E-state index contributed by atoms with van der Waals surface area (Å²) in [6.07, 6.45) is -1.75. The van der Waals surface area contributed by atoms with E-state index in [1.807, 2.05) is 6.92 Å². The van der Waals surface area contributed by atoms with E-state index in [9.17, 15) is 13.2 Å². The predicted octanol–water partition coefficient (Wildman–Crippen LogP) is 2.75. The van der Waals surface area contributed by atoms with Crippen LogP contribution in [0.25, 0.3) is 0 Å². The Hall–Kier alpha value is -0.930. The van der Waals surface area contributed by atoms with Gasteiger partial charge in [0.15, 0.2) is 0 Å². The zero-order valence-corrected chi connectivity index (χ0v) is 6.91. The van der Waals surface area contributed by atoms with Gasteiger partial charge in [-0.3, -0.25) is 0 Å². The van der Waals surface area contributed by atoms with Crippen molar-refractivity contribution in [3.8, 4) is 0 Å². The Morgan fingerprint density at radius 2 is 2.00 bits per heavy atom. The molecular formula is C8H12F3N. The molecule has 0 saturated carbocycles. The molecule has 0 aromatic heterocycles. The Balaban J connectivity index is 4.30. The molecule has 0 aliphatic rings. The van der Waals surface area contributed by atoms with Crippen molar-refractivity contribution >= 4 is 0 Å². The average Bonchev–Trinajstić information content (AvgIpc) is 1.97. The molecule has 0 saturated heterocycles. The van der Waals surface area contributed by atoms with Crippen molar-refractivity contribution in [3.63, 3.8) is 0 Å². The number of allylic oxidation sites excluding steroid dienone is 2. The summed E-state index contributed by atoms with van der Waals surface area (Å²) in [6.45, 7) is 4.72. The third kappa shape index (κ3) is 3.46. The quantitative estimate of drug-likeness (QED) is 0.662. The van der Waals surface area contributed by atoms with Gasteiger partial charge in [-0.05, 0) is 6.42 Å². The highest BCUT2D eigenvalue weighted by molar-refractivity contribution is 5.28. The minimum Gasteiger partial charge on any atom is -0.399 e. The maximum absolute atomic E-state index is 11.9. The van der Waals surface area contributed by atoms with Gasteiger partial charge in [0.2, 0.25) is 0 Å². The van der Waals surface area contributed by atoms with Crippen LogP contribution in [0.2, 0.25) is 0 Å². The molecule has 0 aliphatic carbocycles. The van der Waals surface area contributed by atoms with Crippen molar-refractivity contribution < 1.29 is 13.2 Å². The molecule has 0 spiro atoms. The number of rotatable bonds is 3. The maximum Gasteiger partial charge on any atom is 0.417 e. The molecule has 0 bridgehead atoms. The normalized spacial score (nSPS) is 13.2. The lowest BCUT2D eigenvalue weighted by Crippen LogP contribution is -2.16. The molecule has 12 heavy (non-hydrogen) atoms. The van der Waals surface area contributed by atoms with Crippen LogP contribution in [0.1, 0.15) is 19.8 Å². The Bertz CT molecular complexity index is 191. The second-order valence-electron chi connectivity index (χ2n) is 2.42. The molecule has 2 N–H and O–H groups in total. The van der Waals surface area contributed by atoms with Crippen molar-refractivity contribution in [2.45, 2.75) is 25.9 Å². The third-order valence-electron chi connectivity index (χ3n) is 1.34. The fourth-order valence-corrected chi connectivity index (χ4v) is 0.587. The molecule has 0 rings (SSSR count). The van der Waals surface area contributed by atoms with Gasteiger partial charge in [0.05, 0.1) is 5.57 Å². The second-order valence-corrected chi connectivity index (χ2v) is 2.42. The third-order valence-corrected chi connectivity index (χ3v) is 1.34. The number of nitrogens with two attached hydrogens (primary N) is 1. The molecule has 4 heteroatoms. The van der Waals surface area contributed by atoms with E-state index in [-0.39, 0.29) is 5.70 Å². The lowest BCUT2D eigenvalue weighted by atomic mass is 10.2. The second kappa shape index (κ2) is 4.18. The number of hydrogen-bond acceptors (Lipinski definition) is 1. The van der Waals surface area contributed by atoms with Crippen LogP contribution >= 0.6 is 0 Å². The van der Waals surface area contributed by atoms with Gasteiger partial charge in [-0.15, -0.1) is 0 Å². The van der Waals surface area contributed by atoms with Crippen LogP contribution in [0.5, 0.6) is 0 Å². The Morgan fingerprint density at radius 3 is 2.33 bits per heavy atom. The van der Waals surface area contributed by atoms with E-state index in [1.165, 1.54) is 6.08 Å². The lowest BCUT2D eigenvalue weighted by Gasteiger charge is -2.09. The van der Waals surface area contributed by atoms with Gasteiger partial charge in [-0.2, -0.15) is 13.2 Å². The number of alkyl halides is 3. The van der Waals surface area contributed by atoms with Gasteiger partial charge >= 0.3 is 6.18 Å². The smallest absolute Gasteiger partial charge is 0.399 e. The molecule has 0 heterocycles. The van der Waals surface area contributed by atoms with Gasteiger partial charge in [0.25, 0.3) is 0 Å². The topological polar surface area (TPSA) is 26.0 Å². The minimum absolute atomic E-state index is 0.274. The van der Waals surface area contributed by atoms with Crippen LogP contribution in [0, 0.1) is 0 Å². The van der Waals surface area contributed by atoms with E-state index in [4.69, 9.17) is 5.73 Å². The van der Waals surface area contributed by atoms with E-state index < -0.39 is 11.7 Å². The van der Waals surface area contributed by atoms with Crippen LogP contribution in [0.4, 0.5) is 13.2 Å². The number of unbranched alkanes of at least 4 members (excludes halogenated alkanes) is 1. The van der Waals surface area contributed by atoms with Gasteiger partial charge in [0, 0.05) is 5.70 Å². The van der Waals surface area contributed by atoms with E-state index in [2.05, 4.69) is 6.58 Å². The van der Waals surface area contributed by atoms with Crippen molar-refractivity contribution in [1.82, 2.24) is 0 Å². The fraction of sp³-hybridized carbons (Fsp3) is 0.500. The number of halogens is 3. The van der Waals surface area contributed by atoms with E-state index in [1.54, 1.807) is 0 Å². The van der Waals surface area contributed by atoms with Crippen LogP contribution in [-0.4, -0.2) is 6.18 Å². The molecule has 0 aromatic carbocycles. The SMILES string of the molecule is C=C(/C(N)=C\CCC)C(F)(F)F. The monoisotopic (exact) mass is 179 g/mol. The molecular weight excluding hydrogens is 167 g/mol. The highest BCUT2D eigenvalue weighted by atomic mass is 19.4. The number of hydrogen-bond donors (Lipinski definition) is 1. The zero-order valence-electron chi connectivity index (χ0n) is 6.91. The van der Waals surface area contributed by atoms with Crippen molar-refractivity contribution in [3.05, 3.63) is 23.9 Å². The van der Waals surface area contributed by atoms with E-state index >= 15 is 0 Å². The Morgan fingerprint density at radius 1 is 1.50 bits per heavy atom. The van der Waals surface area contributed by atoms with E-state index in [0.29, 0.717) is 6.42 Å². The molecule has 0 amide bonds.